The van der Waals surface area contributed by atoms with Crippen molar-refractivity contribution in [3.63, 3.8) is 0 Å². The maximum Gasteiger partial charge on any atom is 0.246 e. The van der Waals surface area contributed by atoms with Crippen LogP contribution in [0.4, 0.5) is 0 Å². The molecule has 1 fully saturated rings. The Kier molecular flexibility index (Phi) is 5.16. The molecule has 1 aromatic carbocycles. The van der Waals surface area contributed by atoms with Crippen LogP contribution in [0.25, 0.3) is 11.4 Å². The standard InChI is InChI=1S/C19H27N5O/c1-13(2)16-5-7-17(8-6-16)19-20-22-24(21-19)12-18(25)23-10-14(3)9-15(4)11-23/h5-8,13-15H,9-12H2,1-4H3/t14-,15-/m1/s1. The van der Waals surface area contributed by atoms with Gasteiger partial charge in [-0.25, -0.2) is 0 Å². The fraction of sp³-hybridized carbons (Fsp3) is 0.579. The van der Waals surface area contributed by atoms with Crippen molar-refractivity contribution in [2.75, 3.05) is 13.1 Å². The molecule has 0 aliphatic carbocycles. The van der Waals surface area contributed by atoms with Crippen LogP contribution < -0.4 is 0 Å². The van der Waals surface area contributed by atoms with Gasteiger partial charge in [-0.1, -0.05) is 52.0 Å². The summed E-state index contributed by atoms with van der Waals surface area (Å²) in [5.74, 6) is 2.21. The monoisotopic (exact) mass is 341 g/mol. The molecule has 134 valence electrons. The Labute approximate surface area is 149 Å². The van der Waals surface area contributed by atoms with Crippen molar-refractivity contribution in [1.29, 1.82) is 0 Å². The van der Waals surface area contributed by atoms with Crippen LogP contribution in [0.1, 0.15) is 45.6 Å². The van der Waals surface area contributed by atoms with Crippen molar-refractivity contribution >= 4 is 5.91 Å². The van der Waals surface area contributed by atoms with Gasteiger partial charge in [0, 0.05) is 18.7 Å². The Morgan fingerprint density at radius 1 is 1.16 bits per heavy atom. The van der Waals surface area contributed by atoms with Gasteiger partial charge in [-0.05, 0) is 35.0 Å². The number of nitrogens with zero attached hydrogens (tertiary/aromatic N) is 5. The summed E-state index contributed by atoms with van der Waals surface area (Å²) in [6.45, 7) is 10.5. The van der Waals surface area contributed by atoms with E-state index < -0.39 is 0 Å². The Morgan fingerprint density at radius 2 is 1.80 bits per heavy atom. The third kappa shape index (κ3) is 4.24. The molecule has 3 rings (SSSR count). The van der Waals surface area contributed by atoms with E-state index in [0.29, 0.717) is 23.6 Å². The normalized spacial score (nSPS) is 20.9. The second-order valence-electron chi connectivity index (χ2n) is 7.66. The van der Waals surface area contributed by atoms with E-state index in [1.165, 1.54) is 16.8 Å². The van der Waals surface area contributed by atoms with Crippen molar-refractivity contribution in [2.45, 2.75) is 46.6 Å². The zero-order valence-electron chi connectivity index (χ0n) is 15.5. The highest BCUT2D eigenvalue weighted by Gasteiger charge is 2.25. The maximum atomic E-state index is 12.5. The third-order valence-electron chi connectivity index (χ3n) is 4.79. The summed E-state index contributed by atoms with van der Waals surface area (Å²) in [6.07, 6.45) is 1.18. The smallest absolute Gasteiger partial charge is 0.246 e. The number of benzene rings is 1. The lowest BCUT2D eigenvalue weighted by molar-refractivity contribution is -0.135. The molecule has 25 heavy (non-hydrogen) atoms. The molecule has 0 N–H and O–H groups in total. The number of carbonyl (C=O) groups excluding carboxylic acids is 1. The van der Waals surface area contributed by atoms with Crippen LogP contribution in [0.2, 0.25) is 0 Å². The van der Waals surface area contributed by atoms with Gasteiger partial charge in [-0.3, -0.25) is 4.79 Å². The van der Waals surface area contributed by atoms with Crippen molar-refractivity contribution < 1.29 is 4.79 Å². The Morgan fingerprint density at radius 3 is 2.40 bits per heavy atom. The van der Waals surface area contributed by atoms with Crippen molar-refractivity contribution in [2.24, 2.45) is 11.8 Å². The number of amides is 1. The van der Waals surface area contributed by atoms with Gasteiger partial charge < -0.3 is 4.90 Å². The van der Waals surface area contributed by atoms with Gasteiger partial charge in [0.05, 0.1) is 0 Å². The van der Waals surface area contributed by atoms with Crippen LogP contribution in [-0.4, -0.2) is 44.1 Å². The fourth-order valence-electron chi connectivity index (χ4n) is 3.53. The molecule has 1 aliphatic heterocycles. The molecule has 1 amide bonds. The van der Waals surface area contributed by atoms with Crippen molar-refractivity contribution in [3.8, 4) is 11.4 Å². The fourth-order valence-corrected chi connectivity index (χ4v) is 3.53. The number of tetrazole rings is 1. The average Bonchev–Trinajstić information content (AvgIpc) is 3.02. The minimum absolute atomic E-state index is 0.0671. The summed E-state index contributed by atoms with van der Waals surface area (Å²) in [4.78, 5) is 15.9. The average molecular weight is 341 g/mol. The molecule has 0 radical (unpaired) electrons. The molecule has 1 aliphatic rings. The molecular weight excluding hydrogens is 314 g/mol. The van der Waals surface area contributed by atoms with Crippen LogP contribution in [0.3, 0.4) is 0 Å². The number of rotatable bonds is 4. The van der Waals surface area contributed by atoms with E-state index in [4.69, 9.17) is 0 Å². The predicted molar refractivity (Wildman–Crippen MR) is 96.9 cm³/mol. The molecule has 2 atom stereocenters. The molecular formula is C19H27N5O. The topological polar surface area (TPSA) is 63.9 Å². The summed E-state index contributed by atoms with van der Waals surface area (Å²) in [7, 11) is 0. The lowest BCUT2D eigenvalue weighted by Crippen LogP contribution is -2.44. The van der Waals surface area contributed by atoms with Crippen LogP contribution in [0, 0.1) is 11.8 Å². The van der Waals surface area contributed by atoms with Gasteiger partial charge in [0.2, 0.25) is 11.7 Å². The highest BCUT2D eigenvalue weighted by atomic mass is 16.2. The SMILES string of the molecule is CC(C)c1ccc(-c2nnn(CC(=O)N3C[C@H](C)C[C@@H](C)C3)n2)cc1. The Bertz CT molecular complexity index is 712. The Hall–Kier alpha value is -2.24. The van der Waals surface area contributed by atoms with Gasteiger partial charge in [0.1, 0.15) is 6.54 Å². The van der Waals surface area contributed by atoms with E-state index in [0.717, 1.165) is 18.7 Å². The summed E-state index contributed by atoms with van der Waals surface area (Å²) >= 11 is 0. The van der Waals surface area contributed by atoms with Crippen LogP contribution in [0.15, 0.2) is 24.3 Å². The molecule has 6 nitrogen and oxygen atoms in total. The van der Waals surface area contributed by atoms with E-state index >= 15 is 0 Å². The maximum absolute atomic E-state index is 12.5. The van der Waals surface area contributed by atoms with Crippen LogP contribution >= 0.6 is 0 Å². The van der Waals surface area contributed by atoms with Crippen LogP contribution in [-0.2, 0) is 11.3 Å². The number of aromatic nitrogens is 4. The molecule has 1 aromatic heterocycles. The van der Waals surface area contributed by atoms with Crippen molar-refractivity contribution in [1.82, 2.24) is 25.1 Å². The zero-order chi connectivity index (χ0) is 18.0. The molecule has 0 saturated carbocycles. The first-order chi connectivity index (χ1) is 11.9. The van der Waals surface area contributed by atoms with E-state index in [9.17, 15) is 4.79 Å². The van der Waals surface area contributed by atoms with Gasteiger partial charge in [0.15, 0.2) is 0 Å². The minimum Gasteiger partial charge on any atom is -0.340 e. The van der Waals surface area contributed by atoms with Crippen LogP contribution in [0.5, 0.6) is 0 Å². The summed E-state index contributed by atoms with van der Waals surface area (Å²) in [5.41, 5.74) is 2.20. The first-order valence-corrected chi connectivity index (χ1v) is 9.08. The summed E-state index contributed by atoms with van der Waals surface area (Å²) < 4.78 is 0. The second kappa shape index (κ2) is 7.33. The molecule has 2 aromatic rings. The first-order valence-electron chi connectivity index (χ1n) is 9.08. The Balaban J connectivity index is 1.66. The number of likely N-dealkylation sites (tertiary alicyclic amines) is 1. The minimum atomic E-state index is 0.0671. The predicted octanol–water partition coefficient (Wildman–Crippen LogP) is 2.97. The lowest BCUT2D eigenvalue weighted by Gasteiger charge is -2.34. The van der Waals surface area contributed by atoms with Gasteiger partial charge >= 0.3 is 0 Å². The van der Waals surface area contributed by atoms with Gasteiger partial charge in [0.25, 0.3) is 0 Å². The summed E-state index contributed by atoms with van der Waals surface area (Å²) in [5, 5.41) is 12.5. The molecule has 0 bridgehead atoms. The van der Waals surface area contributed by atoms with E-state index in [2.05, 4.69) is 55.2 Å². The first kappa shape index (κ1) is 17.6. The van der Waals surface area contributed by atoms with E-state index in [-0.39, 0.29) is 12.5 Å². The molecule has 0 spiro atoms. The summed E-state index contributed by atoms with van der Waals surface area (Å²) in [6, 6.07) is 8.18. The molecule has 2 heterocycles. The van der Waals surface area contributed by atoms with Gasteiger partial charge in [-0.15, -0.1) is 10.2 Å². The molecule has 1 saturated heterocycles. The van der Waals surface area contributed by atoms with Gasteiger partial charge in [-0.2, -0.15) is 4.80 Å². The number of hydrogen-bond donors (Lipinski definition) is 0. The highest BCUT2D eigenvalue weighted by molar-refractivity contribution is 5.76. The molecule has 6 heteroatoms. The lowest BCUT2D eigenvalue weighted by atomic mass is 9.92. The zero-order valence-corrected chi connectivity index (χ0v) is 15.5. The highest BCUT2D eigenvalue weighted by Crippen LogP contribution is 2.21. The molecule has 0 unspecified atom stereocenters. The second-order valence-corrected chi connectivity index (χ2v) is 7.66. The van der Waals surface area contributed by atoms with E-state index in [1.807, 2.05) is 17.0 Å². The third-order valence-corrected chi connectivity index (χ3v) is 4.79. The van der Waals surface area contributed by atoms with E-state index in [1.54, 1.807) is 0 Å². The number of piperidine rings is 1. The number of hydrogen-bond acceptors (Lipinski definition) is 4. The largest absolute Gasteiger partial charge is 0.340 e. The number of carbonyl (C=O) groups is 1. The quantitative estimate of drug-likeness (QED) is 0.857. The van der Waals surface area contributed by atoms with Crippen molar-refractivity contribution in [3.05, 3.63) is 29.8 Å².